The highest BCUT2D eigenvalue weighted by Crippen LogP contribution is 2.37. The average molecular weight is 482 g/mol. The monoisotopic (exact) mass is 481 g/mol. The Morgan fingerprint density at radius 2 is 2.18 bits per heavy atom. The quantitative estimate of drug-likeness (QED) is 0.513. The van der Waals surface area contributed by atoms with Gasteiger partial charge in [-0.3, -0.25) is 9.59 Å². The summed E-state index contributed by atoms with van der Waals surface area (Å²) in [5.74, 6) is 1.66. The maximum absolute atomic E-state index is 12.9. The van der Waals surface area contributed by atoms with Crippen molar-refractivity contribution in [2.45, 2.75) is 52.2 Å². The molecule has 3 heterocycles. The van der Waals surface area contributed by atoms with Crippen LogP contribution in [0.2, 0.25) is 0 Å². The molecule has 8 nitrogen and oxygen atoms in total. The van der Waals surface area contributed by atoms with Crippen molar-refractivity contribution in [2.24, 2.45) is 5.73 Å². The van der Waals surface area contributed by atoms with Gasteiger partial charge in [0.1, 0.15) is 18.1 Å². The second kappa shape index (κ2) is 10.4. The summed E-state index contributed by atoms with van der Waals surface area (Å²) in [6.07, 6.45) is 4.62. The van der Waals surface area contributed by atoms with Crippen LogP contribution in [0.4, 0.5) is 5.00 Å². The second-order valence-electron chi connectivity index (χ2n) is 8.61. The number of carbonyl (C=O) groups is 2. The van der Waals surface area contributed by atoms with Crippen molar-refractivity contribution in [3.05, 3.63) is 64.1 Å². The largest absolute Gasteiger partial charge is 0.497 e. The van der Waals surface area contributed by atoms with Crippen LogP contribution in [0.15, 0.2) is 36.7 Å². The van der Waals surface area contributed by atoms with E-state index in [0.717, 1.165) is 39.0 Å². The predicted molar refractivity (Wildman–Crippen MR) is 133 cm³/mol. The van der Waals surface area contributed by atoms with Gasteiger partial charge in [0, 0.05) is 42.3 Å². The lowest BCUT2D eigenvalue weighted by atomic mass is 9.97. The standard InChI is InChI=1S/C25H31N5O3S/c1-16(18-5-4-6-19(12-18)33-3)11-23(31)28-25-21(13-26)20-7-9-30(14-22(20)34-25)24(32)15-29-10-8-27-17(29)2/h4-6,8,10,12,16H,7,9,11,13-15,26H2,1-3H3,(H,28,31). The topological polar surface area (TPSA) is 102 Å². The summed E-state index contributed by atoms with van der Waals surface area (Å²) in [6.45, 7) is 5.73. The molecule has 0 aliphatic carbocycles. The number of hydrogen-bond acceptors (Lipinski definition) is 6. The maximum Gasteiger partial charge on any atom is 0.242 e. The first kappa shape index (κ1) is 24.0. The molecule has 1 unspecified atom stereocenters. The minimum absolute atomic E-state index is 0.0470. The highest BCUT2D eigenvalue weighted by molar-refractivity contribution is 7.16. The number of anilines is 1. The van der Waals surface area contributed by atoms with Gasteiger partial charge in [-0.05, 0) is 42.5 Å². The van der Waals surface area contributed by atoms with Gasteiger partial charge < -0.3 is 25.3 Å². The van der Waals surface area contributed by atoms with E-state index in [1.165, 1.54) is 16.9 Å². The zero-order valence-corrected chi connectivity index (χ0v) is 20.7. The van der Waals surface area contributed by atoms with Crippen LogP contribution < -0.4 is 15.8 Å². The number of imidazole rings is 1. The number of ether oxygens (including phenoxy) is 1. The fourth-order valence-electron chi connectivity index (χ4n) is 4.34. The lowest BCUT2D eigenvalue weighted by molar-refractivity contribution is -0.132. The van der Waals surface area contributed by atoms with Gasteiger partial charge in [0.25, 0.3) is 0 Å². The fourth-order valence-corrected chi connectivity index (χ4v) is 5.65. The molecule has 0 spiro atoms. The van der Waals surface area contributed by atoms with Gasteiger partial charge in [-0.1, -0.05) is 19.1 Å². The van der Waals surface area contributed by atoms with E-state index in [4.69, 9.17) is 10.5 Å². The lowest BCUT2D eigenvalue weighted by Gasteiger charge is -2.27. The Morgan fingerprint density at radius 3 is 2.88 bits per heavy atom. The highest BCUT2D eigenvalue weighted by atomic mass is 32.1. The summed E-state index contributed by atoms with van der Waals surface area (Å²) in [7, 11) is 1.64. The number of aromatic nitrogens is 2. The minimum atomic E-state index is -0.0490. The molecule has 180 valence electrons. The van der Waals surface area contributed by atoms with Gasteiger partial charge in [0.15, 0.2) is 0 Å². The Balaban J connectivity index is 1.42. The molecule has 3 N–H and O–H groups in total. The van der Waals surface area contributed by atoms with E-state index >= 15 is 0 Å². The average Bonchev–Trinajstić information content (AvgIpc) is 3.40. The number of nitrogens with zero attached hydrogens (tertiary/aromatic N) is 3. The van der Waals surface area contributed by atoms with Crippen molar-refractivity contribution in [3.8, 4) is 5.75 Å². The van der Waals surface area contributed by atoms with Crippen LogP contribution in [0.25, 0.3) is 0 Å². The molecule has 1 aliphatic rings. The molecule has 2 aromatic heterocycles. The molecule has 0 bridgehead atoms. The van der Waals surface area contributed by atoms with Crippen molar-refractivity contribution in [1.29, 1.82) is 0 Å². The Morgan fingerprint density at radius 1 is 1.35 bits per heavy atom. The highest BCUT2D eigenvalue weighted by Gasteiger charge is 2.27. The fraction of sp³-hybridized carbons (Fsp3) is 0.400. The Labute approximate surface area is 203 Å². The van der Waals surface area contributed by atoms with E-state index in [-0.39, 0.29) is 24.3 Å². The van der Waals surface area contributed by atoms with E-state index < -0.39 is 0 Å². The zero-order chi connectivity index (χ0) is 24.2. The van der Waals surface area contributed by atoms with Gasteiger partial charge in [-0.2, -0.15) is 0 Å². The summed E-state index contributed by atoms with van der Waals surface area (Å²) in [6, 6.07) is 7.80. The van der Waals surface area contributed by atoms with Gasteiger partial charge in [0.2, 0.25) is 11.8 Å². The molecule has 0 saturated carbocycles. The molecule has 1 aliphatic heterocycles. The number of aryl methyl sites for hydroxylation is 1. The summed E-state index contributed by atoms with van der Waals surface area (Å²) >= 11 is 1.53. The number of nitrogens with one attached hydrogen (secondary N) is 1. The third-order valence-electron chi connectivity index (χ3n) is 6.36. The molecular weight excluding hydrogens is 450 g/mol. The minimum Gasteiger partial charge on any atom is -0.497 e. The van der Waals surface area contributed by atoms with Crippen LogP contribution in [-0.4, -0.2) is 39.9 Å². The second-order valence-corrected chi connectivity index (χ2v) is 9.72. The summed E-state index contributed by atoms with van der Waals surface area (Å²) < 4.78 is 7.15. The van der Waals surface area contributed by atoms with Gasteiger partial charge in [-0.25, -0.2) is 4.98 Å². The van der Waals surface area contributed by atoms with Gasteiger partial charge in [-0.15, -0.1) is 11.3 Å². The molecule has 0 fully saturated rings. The molecular formula is C25H31N5O3S. The molecule has 1 aromatic carbocycles. The predicted octanol–water partition coefficient (Wildman–Crippen LogP) is 3.44. The van der Waals surface area contributed by atoms with Crippen LogP contribution in [-0.2, 0) is 35.6 Å². The van der Waals surface area contributed by atoms with Crippen LogP contribution in [0.1, 0.15) is 46.7 Å². The van der Waals surface area contributed by atoms with Gasteiger partial charge in [0.05, 0.1) is 18.7 Å². The molecule has 9 heteroatoms. The van der Waals surface area contributed by atoms with E-state index in [0.29, 0.717) is 26.1 Å². The first-order valence-corrected chi connectivity index (χ1v) is 12.2. The third kappa shape index (κ3) is 5.15. The van der Waals surface area contributed by atoms with Crippen molar-refractivity contribution in [2.75, 3.05) is 19.0 Å². The number of fused-ring (bicyclic) bond motifs is 1. The lowest BCUT2D eigenvalue weighted by Crippen LogP contribution is -2.37. The molecule has 0 saturated heterocycles. The zero-order valence-electron chi connectivity index (χ0n) is 19.8. The molecule has 4 rings (SSSR count). The van der Waals surface area contributed by atoms with Crippen LogP contribution in [0.5, 0.6) is 5.75 Å². The smallest absolute Gasteiger partial charge is 0.242 e. The molecule has 3 aromatic rings. The van der Waals surface area contributed by atoms with Crippen molar-refractivity contribution >= 4 is 28.2 Å². The summed E-state index contributed by atoms with van der Waals surface area (Å²) in [5, 5.41) is 3.89. The number of thiophene rings is 1. The van der Waals surface area contributed by atoms with Crippen LogP contribution in [0.3, 0.4) is 0 Å². The normalized spacial score (nSPS) is 13.9. The molecule has 34 heavy (non-hydrogen) atoms. The Kier molecular flexibility index (Phi) is 7.33. The number of carbonyl (C=O) groups excluding carboxylic acids is 2. The first-order valence-electron chi connectivity index (χ1n) is 11.4. The van der Waals surface area contributed by atoms with E-state index in [1.54, 1.807) is 13.3 Å². The van der Waals surface area contributed by atoms with Crippen LogP contribution in [0, 0.1) is 6.92 Å². The SMILES string of the molecule is COc1cccc(C(C)CC(=O)Nc2sc3c(c2CN)CCN(C(=O)Cn2ccnc2C)C3)c1. The Bertz CT molecular complexity index is 1190. The van der Waals surface area contributed by atoms with E-state index in [1.807, 2.05) is 53.8 Å². The number of nitrogens with two attached hydrogens (primary N) is 1. The van der Waals surface area contributed by atoms with Crippen LogP contribution >= 0.6 is 11.3 Å². The third-order valence-corrected chi connectivity index (χ3v) is 7.53. The van der Waals surface area contributed by atoms with E-state index in [9.17, 15) is 9.59 Å². The summed E-state index contributed by atoms with van der Waals surface area (Å²) in [5.41, 5.74) is 9.29. The van der Waals surface area contributed by atoms with E-state index in [2.05, 4.69) is 10.3 Å². The van der Waals surface area contributed by atoms with Crippen molar-refractivity contribution in [1.82, 2.24) is 14.5 Å². The number of methoxy groups -OCH3 is 1. The maximum atomic E-state index is 12.9. The number of rotatable bonds is 8. The number of hydrogen-bond donors (Lipinski definition) is 2. The first-order chi connectivity index (χ1) is 16.4. The van der Waals surface area contributed by atoms with Gasteiger partial charge >= 0.3 is 0 Å². The number of benzene rings is 1. The molecule has 0 radical (unpaired) electrons. The summed E-state index contributed by atoms with van der Waals surface area (Å²) in [4.78, 5) is 32.9. The number of amides is 2. The molecule has 2 amide bonds. The Hall–Kier alpha value is -3.17. The van der Waals surface area contributed by atoms with Crippen molar-refractivity contribution < 1.29 is 14.3 Å². The van der Waals surface area contributed by atoms with Crippen molar-refractivity contribution in [3.63, 3.8) is 0 Å². The molecule has 1 atom stereocenters.